The molecule has 0 fully saturated rings. The minimum atomic E-state index is -4.39. The summed E-state index contributed by atoms with van der Waals surface area (Å²) in [6.07, 6.45) is -6.24. The van der Waals surface area contributed by atoms with Crippen LogP contribution in [0, 0.1) is 0 Å². The fourth-order valence-electron chi connectivity index (χ4n) is 2.41. The first kappa shape index (κ1) is 15.3. The van der Waals surface area contributed by atoms with Crippen LogP contribution in [0.4, 0.5) is 13.2 Å². The summed E-state index contributed by atoms with van der Waals surface area (Å²) in [5, 5.41) is 9.23. The molecule has 0 radical (unpaired) electrons. The van der Waals surface area contributed by atoms with Gasteiger partial charge in [0.1, 0.15) is 0 Å². The molecule has 0 spiro atoms. The summed E-state index contributed by atoms with van der Waals surface area (Å²) in [5.74, 6) is -2.66. The third-order valence-corrected chi connectivity index (χ3v) is 3.47. The topological polar surface area (TPSA) is 57.6 Å². The largest absolute Gasteiger partial charge is 0.481 e. The summed E-state index contributed by atoms with van der Waals surface area (Å²) in [7, 11) is 0. The summed E-state index contributed by atoms with van der Waals surface area (Å²) in [4.78, 5) is 24.3. The molecular weight excluding hydrogens is 287 g/mol. The number of hydrogen-bond acceptors (Lipinski definition) is 2. The van der Waals surface area contributed by atoms with Gasteiger partial charge in [-0.25, -0.2) is 0 Å². The smallest absolute Gasteiger partial charge is 0.389 e. The Kier molecular flexibility index (Phi) is 4.20. The van der Waals surface area contributed by atoms with Crippen molar-refractivity contribution in [3.05, 3.63) is 35.4 Å². The number of rotatable bonds is 3. The van der Waals surface area contributed by atoms with Crippen LogP contribution in [0.1, 0.15) is 29.9 Å². The van der Waals surface area contributed by atoms with Gasteiger partial charge < -0.3 is 10.0 Å². The van der Waals surface area contributed by atoms with E-state index in [1.54, 1.807) is 24.3 Å². The van der Waals surface area contributed by atoms with Crippen molar-refractivity contribution in [3.8, 4) is 0 Å². The lowest BCUT2D eigenvalue weighted by Gasteiger charge is -2.33. The van der Waals surface area contributed by atoms with Gasteiger partial charge in [0, 0.05) is 19.5 Å². The third kappa shape index (κ3) is 3.74. The highest BCUT2D eigenvalue weighted by Crippen LogP contribution is 2.30. The highest BCUT2D eigenvalue weighted by atomic mass is 19.4. The van der Waals surface area contributed by atoms with Crippen molar-refractivity contribution in [1.29, 1.82) is 0 Å². The average molecular weight is 301 g/mol. The average Bonchev–Trinajstić information content (AvgIpc) is 2.42. The van der Waals surface area contributed by atoms with E-state index in [1.165, 1.54) is 4.90 Å². The second-order valence-electron chi connectivity index (χ2n) is 4.98. The zero-order valence-corrected chi connectivity index (χ0v) is 11.1. The molecule has 0 bridgehead atoms. The lowest BCUT2D eigenvalue weighted by molar-refractivity contribution is -0.151. The molecule has 1 amide bonds. The van der Waals surface area contributed by atoms with E-state index in [9.17, 15) is 27.9 Å². The van der Waals surface area contributed by atoms with Gasteiger partial charge in [-0.05, 0) is 11.1 Å². The van der Waals surface area contributed by atoms with Crippen LogP contribution in [0.25, 0.3) is 0 Å². The molecule has 2 rings (SSSR count). The van der Waals surface area contributed by atoms with E-state index < -0.39 is 36.8 Å². The maximum Gasteiger partial charge on any atom is 0.389 e. The van der Waals surface area contributed by atoms with E-state index in [2.05, 4.69) is 0 Å². The van der Waals surface area contributed by atoms with E-state index in [4.69, 9.17) is 0 Å². The first-order valence-electron chi connectivity index (χ1n) is 6.43. The molecule has 1 atom stereocenters. The maximum atomic E-state index is 12.2. The molecule has 1 aromatic carbocycles. The van der Waals surface area contributed by atoms with Gasteiger partial charge in [0.05, 0.1) is 12.3 Å². The molecule has 1 heterocycles. The molecule has 0 saturated heterocycles. The van der Waals surface area contributed by atoms with Crippen molar-refractivity contribution in [3.63, 3.8) is 0 Å². The summed E-state index contributed by atoms with van der Waals surface area (Å²) in [6, 6.07) is 6.78. The molecule has 21 heavy (non-hydrogen) atoms. The van der Waals surface area contributed by atoms with Crippen molar-refractivity contribution in [1.82, 2.24) is 4.90 Å². The Morgan fingerprint density at radius 1 is 1.29 bits per heavy atom. The van der Waals surface area contributed by atoms with Crippen LogP contribution in [-0.4, -0.2) is 34.6 Å². The van der Waals surface area contributed by atoms with E-state index >= 15 is 0 Å². The van der Waals surface area contributed by atoms with Crippen molar-refractivity contribution >= 4 is 11.9 Å². The van der Waals surface area contributed by atoms with Crippen LogP contribution in [0.15, 0.2) is 24.3 Å². The minimum absolute atomic E-state index is 0.0942. The van der Waals surface area contributed by atoms with Gasteiger partial charge in [-0.2, -0.15) is 13.2 Å². The van der Waals surface area contributed by atoms with Crippen molar-refractivity contribution < 1.29 is 27.9 Å². The SMILES string of the molecule is O=C(O)C1CN(C(=O)CCC(F)(F)F)Cc2ccccc21. The Hall–Kier alpha value is -2.05. The van der Waals surface area contributed by atoms with Crippen LogP contribution < -0.4 is 0 Å². The quantitative estimate of drug-likeness (QED) is 0.933. The second-order valence-corrected chi connectivity index (χ2v) is 4.98. The number of nitrogens with zero attached hydrogens (tertiary/aromatic N) is 1. The van der Waals surface area contributed by atoms with Gasteiger partial charge in [0.15, 0.2) is 0 Å². The predicted octanol–water partition coefficient (Wildman–Crippen LogP) is 2.54. The molecule has 1 N–H and O–H groups in total. The number of hydrogen-bond donors (Lipinski definition) is 1. The molecule has 4 nitrogen and oxygen atoms in total. The van der Waals surface area contributed by atoms with Crippen LogP contribution in [0.2, 0.25) is 0 Å². The Labute approximate surface area is 119 Å². The fraction of sp³-hybridized carbons (Fsp3) is 0.429. The van der Waals surface area contributed by atoms with Gasteiger partial charge in [0.25, 0.3) is 0 Å². The number of carbonyl (C=O) groups is 2. The Morgan fingerprint density at radius 3 is 2.57 bits per heavy atom. The number of carboxylic acids is 1. The standard InChI is InChI=1S/C14H14F3NO3/c15-14(16,17)6-5-12(19)18-7-9-3-1-2-4-10(9)11(8-18)13(20)21/h1-4,11H,5-8H2,(H,20,21). The normalized spacial score (nSPS) is 18.2. The Balaban J connectivity index is 2.14. The summed E-state index contributed by atoms with van der Waals surface area (Å²) >= 11 is 0. The number of benzene rings is 1. The molecular formula is C14H14F3NO3. The molecule has 1 aliphatic heterocycles. The van der Waals surface area contributed by atoms with E-state index in [-0.39, 0.29) is 13.1 Å². The summed E-state index contributed by atoms with van der Waals surface area (Å²) < 4.78 is 36.5. The molecule has 0 aromatic heterocycles. The third-order valence-electron chi connectivity index (χ3n) is 3.47. The minimum Gasteiger partial charge on any atom is -0.481 e. The first-order valence-corrected chi connectivity index (χ1v) is 6.43. The van der Waals surface area contributed by atoms with Crippen LogP contribution in [-0.2, 0) is 16.1 Å². The van der Waals surface area contributed by atoms with E-state index in [0.29, 0.717) is 11.1 Å². The number of fused-ring (bicyclic) bond motifs is 1. The molecule has 1 aliphatic rings. The number of carbonyl (C=O) groups excluding carboxylic acids is 1. The predicted molar refractivity (Wildman–Crippen MR) is 67.5 cm³/mol. The van der Waals surface area contributed by atoms with Crippen LogP contribution in [0.3, 0.4) is 0 Å². The van der Waals surface area contributed by atoms with Gasteiger partial charge in [-0.1, -0.05) is 24.3 Å². The zero-order valence-electron chi connectivity index (χ0n) is 11.1. The highest BCUT2D eigenvalue weighted by Gasteiger charge is 2.34. The van der Waals surface area contributed by atoms with E-state index in [1.807, 2.05) is 0 Å². The summed E-state index contributed by atoms with van der Waals surface area (Å²) in [5.41, 5.74) is 1.28. The Morgan fingerprint density at radius 2 is 1.95 bits per heavy atom. The van der Waals surface area contributed by atoms with Gasteiger partial charge >= 0.3 is 12.1 Å². The molecule has 0 aliphatic carbocycles. The molecule has 114 valence electrons. The number of halogens is 3. The molecule has 7 heteroatoms. The number of alkyl halides is 3. The van der Waals surface area contributed by atoms with Gasteiger partial charge in [0.2, 0.25) is 5.91 Å². The number of aliphatic carboxylic acids is 1. The molecule has 0 saturated carbocycles. The monoisotopic (exact) mass is 301 g/mol. The molecule has 1 unspecified atom stereocenters. The highest BCUT2D eigenvalue weighted by molar-refractivity contribution is 5.81. The van der Waals surface area contributed by atoms with Gasteiger partial charge in [-0.3, -0.25) is 9.59 Å². The lowest BCUT2D eigenvalue weighted by Crippen LogP contribution is -2.40. The second kappa shape index (κ2) is 5.75. The van der Waals surface area contributed by atoms with E-state index in [0.717, 1.165) is 0 Å². The molecule has 1 aromatic rings. The first-order chi connectivity index (χ1) is 9.78. The maximum absolute atomic E-state index is 12.2. The van der Waals surface area contributed by atoms with Crippen LogP contribution >= 0.6 is 0 Å². The van der Waals surface area contributed by atoms with Gasteiger partial charge in [-0.15, -0.1) is 0 Å². The Bertz CT molecular complexity index is 557. The van der Waals surface area contributed by atoms with Crippen molar-refractivity contribution in [2.45, 2.75) is 31.5 Å². The van der Waals surface area contributed by atoms with Crippen LogP contribution in [0.5, 0.6) is 0 Å². The summed E-state index contributed by atoms with van der Waals surface area (Å²) in [6.45, 7) is 0.0552. The lowest BCUT2D eigenvalue weighted by atomic mass is 9.89. The van der Waals surface area contributed by atoms with Crippen molar-refractivity contribution in [2.75, 3.05) is 6.54 Å². The number of amides is 1. The fourth-order valence-corrected chi connectivity index (χ4v) is 2.41. The zero-order chi connectivity index (χ0) is 15.6. The number of carboxylic acid groups (broad SMARTS) is 1. The van der Waals surface area contributed by atoms with Crippen molar-refractivity contribution in [2.24, 2.45) is 0 Å².